The Hall–Kier alpha value is -2.01. The van der Waals surface area contributed by atoms with Crippen LogP contribution in [0.5, 0.6) is 11.6 Å². The highest BCUT2D eigenvalue weighted by atomic mass is 35.5. The van der Waals surface area contributed by atoms with Crippen molar-refractivity contribution >= 4 is 23.1 Å². The van der Waals surface area contributed by atoms with E-state index in [-0.39, 0.29) is 0 Å². The topological polar surface area (TPSA) is 64.3 Å². The Morgan fingerprint density at radius 3 is 2.57 bits per heavy atom. The van der Waals surface area contributed by atoms with Gasteiger partial charge in [0.15, 0.2) is 5.82 Å². The number of anilines is 2. The van der Waals surface area contributed by atoms with Crippen LogP contribution >= 0.6 is 11.6 Å². The van der Waals surface area contributed by atoms with Crippen LogP contribution in [-0.2, 0) is 0 Å². The van der Waals surface area contributed by atoms with Gasteiger partial charge in [-0.25, -0.2) is 4.98 Å². The molecule has 0 unspecified atom stereocenters. The Morgan fingerprint density at radius 1 is 1.24 bits per heavy atom. The number of aromatic nitrogens is 2. The van der Waals surface area contributed by atoms with E-state index in [0.29, 0.717) is 28.2 Å². The van der Waals surface area contributed by atoms with Gasteiger partial charge in [-0.3, -0.25) is 0 Å². The number of nitrogens with two attached hydrogens (primary N) is 1. The van der Waals surface area contributed by atoms with Gasteiger partial charge in [0, 0.05) is 18.1 Å². The zero-order chi connectivity index (χ0) is 15.4. The second kappa shape index (κ2) is 6.63. The fourth-order valence-corrected chi connectivity index (χ4v) is 2.14. The van der Waals surface area contributed by atoms with Gasteiger partial charge < -0.3 is 15.4 Å². The molecule has 5 nitrogen and oxygen atoms in total. The molecule has 2 rings (SSSR count). The number of ether oxygens (including phenoxy) is 1. The maximum Gasteiger partial charge on any atom is 0.248 e. The standard InChI is InChI=1S/C15H19ClN4O/c1-4-20(5-2)14-13(17)15(19-9-18-14)21-11-6-7-12(16)10(3)8-11/h6-9H,4-5,17H2,1-3H3. The molecule has 0 radical (unpaired) electrons. The fraction of sp³-hybridized carbons (Fsp3) is 0.333. The second-order valence-electron chi connectivity index (χ2n) is 4.60. The van der Waals surface area contributed by atoms with Crippen LogP contribution in [0.4, 0.5) is 11.5 Å². The number of nitrogen functional groups attached to an aromatic ring is 1. The van der Waals surface area contributed by atoms with Crippen molar-refractivity contribution in [3.8, 4) is 11.6 Å². The Labute approximate surface area is 129 Å². The number of halogens is 1. The minimum atomic E-state index is 0.355. The molecule has 21 heavy (non-hydrogen) atoms. The third-order valence-electron chi connectivity index (χ3n) is 3.23. The molecule has 0 saturated carbocycles. The van der Waals surface area contributed by atoms with Gasteiger partial charge in [-0.15, -0.1) is 0 Å². The molecule has 0 fully saturated rings. The molecule has 1 heterocycles. The molecule has 0 aliphatic rings. The number of hydrogen-bond acceptors (Lipinski definition) is 5. The third kappa shape index (κ3) is 3.36. The average molecular weight is 307 g/mol. The molecular formula is C15H19ClN4O. The van der Waals surface area contributed by atoms with Crippen molar-refractivity contribution in [1.82, 2.24) is 9.97 Å². The van der Waals surface area contributed by atoms with Gasteiger partial charge in [-0.1, -0.05) is 11.6 Å². The van der Waals surface area contributed by atoms with Gasteiger partial charge in [0.25, 0.3) is 0 Å². The van der Waals surface area contributed by atoms with E-state index < -0.39 is 0 Å². The Kier molecular flexibility index (Phi) is 4.85. The van der Waals surface area contributed by atoms with Gasteiger partial charge in [0.2, 0.25) is 5.88 Å². The predicted molar refractivity (Wildman–Crippen MR) is 86.3 cm³/mol. The lowest BCUT2D eigenvalue weighted by molar-refractivity contribution is 0.463. The zero-order valence-corrected chi connectivity index (χ0v) is 13.2. The third-order valence-corrected chi connectivity index (χ3v) is 3.66. The highest BCUT2D eigenvalue weighted by Crippen LogP contribution is 2.32. The molecule has 0 aliphatic carbocycles. The SMILES string of the molecule is CCN(CC)c1ncnc(Oc2ccc(Cl)c(C)c2)c1N. The summed E-state index contributed by atoms with van der Waals surface area (Å²) in [6, 6.07) is 5.42. The van der Waals surface area contributed by atoms with Gasteiger partial charge in [-0.05, 0) is 44.5 Å². The molecule has 2 N–H and O–H groups in total. The summed E-state index contributed by atoms with van der Waals surface area (Å²) in [5, 5.41) is 0.696. The van der Waals surface area contributed by atoms with E-state index in [4.69, 9.17) is 22.1 Å². The molecule has 1 aromatic heterocycles. The Balaban J connectivity index is 2.32. The first-order chi connectivity index (χ1) is 10.1. The summed E-state index contributed by atoms with van der Waals surface area (Å²) < 4.78 is 5.76. The van der Waals surface area contributed by atoms with E-state index in [0.717, 1.165) is 18.7 Å². The van der Waals surface area contributed by atoms with Gasteiger partial charge in [0.1, 0.15) is 17.8 Å². The largest absolute Gasteiger partial charge is 0.437 e. The van der Waals surface area contributed by atoms with Crippen LogP contribution in [0.1, 0.15) is 19.4 Å². The summed E-state index contributed by atoms with van der Waals surface area (Å²) in [6.45, 7) is 7.65. The van der Waals surface area contributed by atoms with E-state index in [1.807, 2.05) is 26.8 Å². The maximum atomic E-state index is 6.13. The van der Waals surface area contributed by atoms with Crippen LogP contribution in [0.3, 0.4) is 0 Å². The number of nitrogens with zero attached hydrogens (tertiary/aromatic N) is 3. The molecule has 0 atom stereocenters. The number of aryl methyl sites for hydroxylation is 1. The Bertz CT molecular complexity index is 629. The first kappa shape index (κ1) is 15.4. The molecule has 0 amide bonds. The van der Waals surface area contributed by atoms with Gasteiger partial charge in [0.05, 0.1) is 0 Å². The molecule has 0 aliphatic heterocycles. The van der Waals surface area contributed by atoms with Crippen LogP contribution in [0, 0.1) is 6.92 Å². The summed E-state index contributed by atoms with van der Waals surface area (Å²) >= 11 is 6.01. The minimum Gasteiger partial charge on any atom is -0.437 e. The monoisotopic (exact) mass is 306 g/mol. The molecule has 0 saturated heterocycles. The average Bonchev–Trinajstić information content (AvgIpc) is 2.48. The van der Waals surface area contributed by atoms with E-state index in [1.54, 1.807) is 12.1 Å². The fourth-order valence-electron chi connectivity index (χ4n) is 2.02. The van der Waals surface area contributed by atoms with Crippen molar-refractivity contribution in [3.05, 3.63) is 35.1 Å². The van der Waals surface area contributed by atoms with Crippen LogP contribution in [-0.4, -0.2) is 23.1 Å². The Morgan fingerprint density at radius 2 is 1.95 bits per heavy atom. The molecule has 0 spiro atoms. The smallest absolute Gasteiger partial charge is 0.248 e. The first-order valence-electron chi connectivity index (χ1n) is 6.86. The molecule has 0 bridgehead atoms. The normalized spacial score (nSPS) is 10.5. The van der Waals surface area contributed by atoms with Crippen molar-refractivity contribution in [2.75, 3.05) is 23.7 Å². The highest BCUT2D eigenvalue weighted by Gasteiger charge is 2.14. The first-order valence-corrected chi connectivity index (χ1v) is 7.24. The minimum absolute atomic E-state index is 0.355. The number of benzene rings is 1. The van der Waals surface area contributed by atoms with Crippen LogP contribution in [0.25, 0.3) is 0 Å². The summed E-state index contributed by atoms with van der Waals surface area (Å²) in [7, 11) is 0. The van der Waals surface area contributed by atoms with E-state index in [2.05, 4.69) is 14.9 Å². The van der Waals surface area contributed by atoms with E-state index in [9.17, 15) is 0 Å². The van der Waals surface area contributed by atoms with Crippen molar-refractivity contribution in [3.63, 3.8) is 0 Å². The van der Waals surface area contributed by atoms with Gasteiger partial charge in [-0.2, -0.15) is 4.98 Å². The van der Waals surface area contributed by atoms with Crippen LogP contribution < -0.4 is 15.4 Å². The maximum absolute atomic E-state index is 6.13. The molecular weight excluding hydrogens is 288 g/mol. The molecule has 6 heteroatoms. The molecule has 112 valence electrons. The summed E-state index contributed by atoms with van der Waals surface area (Å²) in [5.74, 6) is 1.69. The highest BCUT2D eigenvalue weighted by molar-refractivity contribution is 6.31. The number of rotatable bonds is 5. The van der Waals surface area contributed by atoms with Crippen molar-refractivity contribution in [1.29, 1.82) is 0 Å². The quantitative estimate of drug-likeness (QED) is 0.913. The van der Waals surface area contributed by atoms with E-state index >= 15 is 0 Å². The van der Waals surface area contributed by atoms with Crippen molar-refractivity contribution in [2.24, 2.45) is 0 Å². The molecule has 2 aromatic rings. The van der Waals surface area contributed by atoms with Crippen molar-refractivity contribution < 1.29 is 4.74 Å². The van der Waals surface area contributed by atoms with E-state index in [1.165, 1.54) is 6.33 Å². The number of hydrogen-bond donors (Lipinski definition) is 1. The van der Waals surface area contributed by atoms with Crippen LogP contribution in [0.2, 0.25) is 5.02 Å². The van der Waals surface area contributed by atoms with Gasteiger partial charge >= 0.3 is 0 Å². The molecule has 1 aromatic carbocycles. The second-order valence-corrected chi connectivity index (χ2v) is 5.01. The lowest BCUT2D eigenvalue weighted by atomic mass is 10.2. The summed E-state index contributed by atoms with van der Waals surface area (Å²) in [4.78, 5) is 10.4. The summed E-state index contributed by atoms with van der Waals surface area (Å²) in [6.07, 6.45) is 1.46. The lowest BCUT2D eigenvalue weighted by Gasteiger charge is -2.21. The predicted octanol–water partition coefficient (Wildman–Crippen LogP) is 3.66. The summed E-state index contributed by atoms with van der Waals surface area (Å²) in [5.41, 5.74) is 7.51. The van der Waals surface area contributed by atoms with Crippen molar-refractivity contribution in [2.45, 2.75) is 20.8 Å². The lowest BCUT2D eigenvalue weighted by Crippen LogP contribution is -2.24. The zero-order valence-electron chi connectivity index (χ0n) is 12.4. The van der Waals surface area contributed by atoms with Crippen LogP contribution in [0.15, 0.2) is 24.5 Å².